The molecule has 0 aliphatic rings. The first-order valence-corrected chi connectivity index (χ1v) is 12.0. The van der Waals surface area contributed by atoms with Crippen molar-refractivity contribution in [1.82, 2.24) is 0 Å². The summed E-state index contributed by atoms with van der Waals surface area (Å²) in [6.45, 7) is 4.80. The van der Waals surface area contributed by atoms with Gasteiger partial charge in [0.05, 0.1) is 17.7 Å². The lowest BCUT2D eigenvalue weighted by Crippen LogP contribution is -2.54. The molecule has 8 nitrogen and oxygen atoms in total. The zero-order valence-electron chi connectivity index (χ0n) is 21.5. The highest BCUT2D eigenvalue weighted by molar-refractivity contribution is 5.90. The van der Waals surface area contributed by atoms with E-state index in [9.17, 15) is 19.2 Å². The largest absolute Gasteiger partial charge is 0.458 e. The first-order valence-electron chi connectivity index (χ1n) is 12.0. The molecule has 198 valence electrons. The van der Waals surface area contributed by atoms with Crippen LogP contribution in [0.2, 0.25) is 0 Å². The zero-order valence-corrected chi connectivity index (χ0v) is 21.5. The lowest BCUT2D eigenvalue weighted by Gasteiger charge is -2.35. The number of esters is 2. The molecular formula is C30H30O8. The van der Waals surface area contributed by atoms with Crippen molar-refractivity contribution in [2.24, 2.45) is 0 Å². The van der Waals surface area contributed by atoms with Gasteiger partial charge < -0.3 is 18.9 Å². The maximum atomic E-state index is 13.0. The van der Waals surface area contributed by atoms with Crippen molar-refractivity contribution in [1.29, 1.82) is 0 Å². The molecule has 0 saturated heterocycles. The van der Waals surface area contributed by atoms with E-state index in [1.165, 1.54) is 6.92 Å². The van der Waals surface area contributed by atoms with E-state index in [4.69, 9.17) is 18.9 Å². The van der Waals surface area contributed by atoms with Crippen molar-refractivity contribution in [3.63, 3.8) is 0 Å². The van der Waals surface area contributed by atoms with Crippen LogP contribution in [0, 0.1) is 13.8 Å². The number of benzene rings is 3. The van der Waals surface area contributed by atoms with Crippen LogP contribution in [0.1, 0.15) is 44.3 Å². The third-order valence-corrected chi connectivity index (χ3v) is 5.94. The van der Waals surface area contributed by atoms with Gasteiger partial charge in [-0.25, -0.2) is 9.59 Å². The number of aldehydes is 1. The lowest BCUT2D eigenvalue weighted by molar-refractivity contribution is -0.183. The van der Waals surface area contributed by atoms with Crippen LogP contribution in [-0.4, -0.2) is 49.1 Å². The molecule has 0 saturated carbocycles. The monoisotopic (exact) mass is 518 g/mol. The fraction of sp³-hybridized carbons (Fsp3) is 0.267. The number of rotatable bonds is 13. The van der Waals surface area contributed by atoms with Crippen molar-refractivity contribution in [2.75, 3.05) is 6.61 Å². The minimum atomic E-state index is -1.74. The average Bonchev–Trinajstić information content (AvgIpc) is 2.94. The molecule has 3 rings (SSSR count). The first-order chi connectivity index (χ1) is 18.3. The van der Waals surface area contributed by atoms with Crippen molar-refractivity contribution in [3.8, 4) is 0 Å². The molecule has 0 unspecified atom stereocenters. The summed E-state index contributed by atoms with van der Waals surface area (Å²) in [5.74, 6) is -1.43. The molecule has 0 aliphatic carbocycles. The summed E-state index contributed by atoms with van der Waals surface area (Å²) in [6, 6.07) is 22.4. The van der Waals surface area contributed by atoms with Gasteiger partial charge in [0.25, 0.3) is 6.47 Å². The number of aryl methyl sites for hydroxylation is 2. The lowest BCUT2D eigenvalue weighted by atomic mass is 9.95. The van der Waals surface area contributed by atoms with E-state index in [0.717, 1.165) is 16.7 Å². The Morgan fingerprint density at radius 1 is 0.816 bits per heavy atom. The summed E-state index contributed by atoms with van der Waals surface area (Å²) in [5.41, 5.74) is 1.44. The maximum Gasteiger partial charge on any atom is 0.338 e. The summed E-state index contributed by atoms with van der Waals surface area (Å²) in [4.78, 5) is 49.5. The van der Waals surface area contributed by atoms with E-state index in [2.05, 4.69) is 0 Å². The van der Waals surface area contributed by atoms with Crippen LogP contribution in [-0.2, 0) is 35.1 Å². The van der Waals surface area contributed by atoms with Crippen LogP contribution in [0.25, 0.3) is 0 Å². The topological polar surface area (TPSA) is 105 Å². The molecule has 0 aliphatic heterocycles. The van der Waals surface area contributed by atoms with E-state index >= 15 is 0 Å². The standard InChI is InChI=1S/C30H30O8/c1-21-9-13-24(14-10-21)28(33)35-18-26(38-29(34)25-15-11-22(2)12-16-25)27(36-20-32)30(3,19-31)37-17-23-7-5-4-6-8-23/h4-16,19-20,26-27H,17-18H2,1-3H3/t26-,27-,30+/m1/s1. The predicted molar refractivity (Wildman–Crippen MR) is 138 cm³/mol. The van der Waals surface area contributed by atoms with Crippen LogP contribution < -0.4 is 0 Å². The number of hydrogen-bond acceptors (Lipinski definition) is 8. The molecule has 0 aromatic heterocycles. The second-order valence-electron chi connectivity index (χ2n) is 9.00. The number of ether oxygens (including phenoxy) is 4. The molecule has 0 spiro atoms. The molecule has 0 bridgehead atoms. The van der Waals surface area contributed by atoms with Gasteiger partial charge in [-0.3, -0.25) is 9.59 Å². The Morgan fingerprint density at radius 2 is 1.37 bits per heavy atom. The highest BCUT2D eigenvalue weighted by Crippen LogP contribution is 2.25. The van der Waals surface area contributed by atoms with Gasteiger partial charge in [0, 0.05) is 0 Å². The summed E-state index contributed by atoms with van der Waals surface area (Å²) >= 11 is 0. The second kappa shape index (κ2) is 13.3. The Kier molecular flexibility index (Phi) is 9.90. The van der Waals surface area contributed by atoms with Crippen molar-refractivity contribution >= 4 is 24.7 Å². The zero-order chi connectivity index (χ0) is 27.5. The molecule has 3 aromatic rings. The normalized spacial score (nSPS) is 13.9. The van der Waals surface area contributed by atoms with E-state index in [-0.39, 0.29) is 24.2 Å². The fourth-order valence-electron chi connectivity index (χ4n) is 3.66. The van der Waals surface area contributed by atoms with Crippen LogP contribution in [0.15, 0.2) is 78.9 Å². The fourth-order valence-corrected chi connectivity index (χ4v) is 3.66. The highest BCUT2D eigenvalue weighted by atomic mass is 16.6. The van der Waals surface area contributed by atoms with Crippen LogP contribution in [0.3, 0.4) is 0 Å². The second-order valence-corrected chi connectivity index (χ2v) is 9.00. The molecule has 0 N–H and O–H groups in total. The van der Waals surface area contributed by atoms with Gasteiger partial charge in [0.1, 0.15) is 6.61 Å². The Labute approximate surface area is 221 Å². The van der Waals surface area contributed by atoms with Crippen molar-refractivity contribution in [3.05, 3.63) is 107 Å². The van der Waals surface area contributed by atoms with Gasteiger partial charge in [-0.2, -0.15) is 0 Å². The summed E-state index contributed by atoms with van der Waals surface area (Å²) in [6.07, 6.45) is -2.32. The van der Waals surface area contributed by atoms with Gasteiger partial charge >= 0.3 is 11.9 Å². The quantitative estimate of drug-likeness (QED) is 0.186. The minimum absolute atomic E-state index is 0.0105. The first kappa shape index (κ1) is 28.3. The van der Waals surface area contributed by atoms with E-state index < -0.39 is 36.4 Å². The Hall–Kier alpha value is -4.30. The maximum absolute atomic E-state index is 13.0. The Morgan fingerprint density at radius 3 is 1.89 bits per heavy atom. The van der Waals surface area contributed by atoms with Gasteiger partial charge in [-0.05, 0) is 50.6 Å². The molecule has 38 heavy (non-hydrogen) atoms. The molecule has 0 fully saturated rings. The van der Waals surface area contributed by atoms with Crippen molar-refractivity contribution in [2.45, 2.75) is 45.2 Å². The summed E-state index contributed by atoms with van der Waals surface area (Å²) < 4.78 is 22.2. The SMILES string of the molecule is Cc1ccc(C(=O)OC[C@@H](OC(=O)c2ccc(C)cc2)[C@@H](OC=O)[C@](C)(C=O)OCc2ccccc2)cc1. The summed E-state index contributed by atoms with van der Waals surface area (Å²) in [7, 11) is 0. The van der Waals surface area contributed by atoms with Crippen LogP contribution in [0.4, 0.5) is 0 Å². The van der Waals surface area contributed by atoms with Gasteiger partial charge in [0.15, 0.2) is 24.1 Å². The Bertz CT molecular complexity index is 1220. The van der Waals surface area contributed by atoms with Gasteiger partial charge in [-0.15, -0.1) is 0 Å². The molecule has 0 heterocycles. The smallest absolute Gasteiger partial charge is 0.338 e. The molecule has 8 heteroatoms. The van der Waals surface area contributed by atoms with Gasteiger partial charge in [0.2, 0.25) is 0 Å². The number of carbonyl (C=O) groups is 4. The number of hydrogen-bond donors (Lipinski definition) is 0. The van der Waals surface area contributed by atoms with Crippen LogP contribution in [0.5, 0.6) is 0 Å². The molecule has 3 atom stereocenters. The molecule has 3 aromatic carbocycles. The van der Waals surface area contributed by atoms with E-state index in [1.54, 1.807) is 60.7 Å². The predicted octanol–water partition coefficient (Wildman–Crippen LogP) is 4.40. The average molecular weight is 519 g/mol. The van der Waals surface area contributed by atoms with E-state index in [1.807, 2.05) is 32.0 Å². The third kappa shape index (κ3) is 7.60. The third-order valence-electron chi connectivity index (χ3n) is 5.94. The highest BCUT2D eigenvalue weighted by Gasteiger charge is 2.45. The molecule has 0 radical (unpaired) electrons. The van der Waals surface area contributed by atoms with Gasteiger partial charge in [-0.1, -0.05) is 65.7 Å². The van der Waals surface area contributed by atoms with E-state index in [0.29, 0.717) is 6.29 Å². The molecule has 0 amide bonds. The number of carbonyl (C=O) groups excluding carboxylic acids is 4. The minimum Gasteiger partial charge on any atom is -0.458 e. The van der Waals surface area contributed by atoms with Crippen LogP contribution >= 0.6 is 0 Å². The van der Waals surface area contributed by atoms with Crippen molar-refractivity contribution < 1.29 is 38.1 Å². The molecular weight excluding hydrogens is 488 g/mol. The summed E-state index contributed by atoms with van der Waals surface area (Å²) in [5, 5.41) is 0. The Balaban J connectivity index is 1.87.